The lowest BCUT2D eigenvalue weighted by Crippen LogP contribution is -2.22. The van der Waals surface area contributed by atoms with E-state index in [1.54, 1.807) is 30.6 Å². The monoisotopic (exact) mass is 444 g/mol. The number of aromatic carboxylic acids is 1. The fourth-order valence-corrected chi connectivity index (χ4v) is 3.90. The molecule has 1 aromatic heterocycles. The molecule has 4 rings (SSSR count). The molecular weight excluding hydrogens is 422 g/mol. The Kier molecular flexibility index (Phi) is 6.45. The van der Waals surface area contributed by atoms with Crippen molar-refractivity contribution in [1.29, 1.82) is 0 Å². The number of pyridine rings is 1. The maximum absolute atomic E-state index is 13.8. The number of nitrogens with zero attached hydrogens (tertiary/aromatic N) is 2. The van der Waals surface area contributed by atoms with E-state index < -0.39 is 17.6 Å². The Labute approximate surface area is 190 Å². The first-order valence-electron chi connectivity index (χ1n) is 10.4. The Morgan fingerprint density at radius 3 is 2.27 bits per heavy atom. The molecule has 1 N–H and O–H groups in total. The van der Waals surface area contributed by atoms with Crippen LogP contribution in [-0.2, 0) is 13.1 Å². The maximum atomic E-state index is 13.8. The summed E-state index contributed by atoms with van der Waals surface area (Å²) in [5.41, 5.74) is 4.78. The minimum atomic E-state index is -1.00. The molecule has 4 nitrogen and oxygen atoms in total. The van der Waals surface area contributed by atoms with E-state index in [2.05, 4.69) is 4.98 Å². The zero-order chi connectivity index (χ0) is 23.4. The normalized spacial score (nSPS) is 10.8. The highest BCUT2D eigenvalue weighted by atomic mass is 19.1. The van der Waals surface area contributed by atoms with Crippen molar-refractivity contribution in [2.24, 2.45) is 0 Å². The van der Waals surface area contributed by atoms with Gasteiger partial charge in [0.25, 0.3) is 0 Å². The van der Waals surface area contributed by atoms with Gasteiger partial charge in [0.2, 0.25) is 0 Å². The highest BCUT2D eigenvalue weighted by molar-refractivity contribution is 5.96. The second kappa shape index (κ2) is 9.61. The first kappa shape index (κ1) is 22.1. The van der Waals surface area contributed by atoms with Crippen molar-refractivity contribution in [3.63, 3.8) is 0 Å². The SMILES string of the molecule is Cc1ccccc1-c1cc(CN(Cc2cc(F)cc(F)c2)c2cccnc2)ccc1C(=O)O. The van der Waals surface area contributed by atoms with Crippen LogP contribution in [0.15, 0.2) is 85.2 Å². The lowest BCUT2D eigenvalue weighted by Gasteiger charge is -2.25. The summed E-state index contributed by atoms with van der Waals surface area (Å²) >= 11 is 0. The number of carboxylic acids is 1. The van der Waals surface area contributed by atoms with E-state index in [0.29, 0.717) is 17.7 Å². The maximum Gasteiger partial charge on any atom is 0.336 e. The molecular formula is C27H22F2N2O2. The molecule has 0 radical (unpaired) electrons. The largest absolute Gasteiger partial charge is 0.478 e. The van der Waals surface area contributed by atoms with Gasteiger partial charge in [-0.3, -0.25) is 4.98 Å². The number of hydrogen-bond acceptors (Lipinski definition) is 3. The van der Waals surface area contributed by atoms with E-state index >= 15 is 0 Å². The molecule has 0 amide bonds. The van der Waals surface area contributed by atoms with Gasteiger partial charge in [-0.2, -0.15) is 0 Å². The standard InChI is InChI=1S/C27H22F2N2O2/c1-18-5-2-3-7-24(18)26-13-19(8-9-25(26)27(32)33)16-31(23-6-4-10-30-15-23)17-20-11-21(28)14-22(29)12-20/h2-15H,16-17H2,1H3,(H,32,33). The van der Waals surface area contributed by atoms with Crippen LogP contribution >= 0.6 is 0 Å². The zero-order valence-corrected chi connectivity index (χ0v) is 18.0. The zero-order valence-electron chi connectivity index (χ0n) is 18.0. The van der Waals surface area contributed by atoms with Gasteiger partial charge in [0.15, 0.2) is 0 Å². The molecule has 0 unspecified atom stereocenters. The third-order valence-electron chi connectivity index (χ3n) is 5.43. The van der Waals surface area contributed by atoms with Crippen LogP contribution in [0, 0.1) is 18.6 Å². The van der Waals surface area contributed by atoms with E-state index in [-0.39, 0.29) is 12.1 Å². The molecule has 0 aliphatic heterocycles. The molecule has 0 bridgehead atoms. The fourth-order valence-electron chi connectivity index (χ4n) is 3.90. The lowest BCUT2D eigenvalue weighted by molar-refractivity contribution is 0.0697. The minimum absolute atomic E-state index is 0.216. The van der Waals surface area contributed by atoms with Gasteiger partial charge in [0.1, 0.15) is 11.6 Å². The number of hydrogen-bond donors (Lipinski definition) is 1. The van der Waals surface area contributed by atoms with Crippen LogP contribution in [0.4, 0.5) is 14.5 Å². The molecule has 0 aliphatic rings. The molecule has 0 aliphatic carbocycles. The van der Waals surface area contributed by atoms with Crippen molar-refractivity contribution >= 4 is 11.7 Å². The van der Waals surface area contributed by atoms with E-state index in [1.165, 1.54) is 12.1 Å². The Morgan fingerprint density at radius 2 is 1.61 bits per heavy atom. The third kappa shape index (κ3) is 5.23. The Hall–Kier alpha value is -4.06. The number of halogens is 2. The second-order valence-electron chi connectivity index (χ2n) is 7.84. The van der Waals surface area contributed by atoms with Crippen LogP contribution in [0.3, 0.4) is 0 Å². The quantitative estimate of drug-likeness (QED) is 0.367. The van der Waals surface area contributed by atoms with Gasteiger partial charge in [-0.1, -0.05) is 30.3 Å². The van der Waals surface area contributed by atoms with Crippen LogP contribution in [0.25, 0.3) is 11.1 Å². The molecule has 6 heteroatoms. The summed E-state index contributed by atoms with van der Waals surface area (Å²) in [4.78, 5) is 18.0. The smallest absolute Gasteiger partial charge is 0.336 e. The molecule has 1 heterocycles. The van der Waals surface area contributed by atoms with Gasteiger partial charge >= 0.3 is 5.97 Å². The Balaban J connectivity index is 1.74. The molecule has 0 spiro atoms. The minimum Gasteiger partial charge on any atom is -0.478 e. The van der Waals surface area contributed by atoms with Crippen molar-refractivity contribution in [3.8, 4) is 11.1 Å². The van der Waals surface area contributed by atoms with Gasteiger partial charge in [0, 0.05) is 25.4 Å². The third-order valence-corrected chi connectivity index (χ3v) is 5.43. The van der Waals surface area contributed by atoms with E-state index in [1.807, 2.05) is 48.2 Å². The summed E-state index contributed by atoms with van der Waals surface area (Å²) < 4.78 is 27.6. The molecule has 0 fully saturated rings. The van der Waals surface area contributed by atoms with Crippen LogP contribution in [-0.4, -0.2) is 16.1 Å². The van der Waals surface area contributed by atoms with E-state index in [4.69, 9.17) is 0 Å². The Bertz CT molecular complexity index is 1270. The summed E-state index contributed by atoms with van der Waals surface area (Å²) in [5, 5.41) is 9.73. The van der Waals surface area contributed by atoms with Gasteiger partial charge in [0.05, 0.1) is 17.4 Å². The van der Waals surface area contributed by atoms with E-state index in [0.717, 1.165) is 28.4 Å². The molecule has 4 aromatic rings. The number of benzene rings is 3. The van der Waals surface area contributed by atoms with Crippen molar-refractivity contribution in [1.82, 2.24) is 4.98 Å². The highest BCUT2D eigenvalue weighted by Crippen LogP contribution is 2.29. The van der Waals surface area contributed by atoms with Gasteiger partial charge in [-0.05, 0) is 71.1 Å². The molecule has 0 saturated heterocycles. The molecule has 0 saturated carbocycles. The average molecular weight is 444 g/mol. The van der Waals surface area contributed by atoms with Crippen molar-refractivity contribution < 1.29 is 18.7 Å². The molecule has 0 atom stereocenters. The number of aromatic nitrogens is 1. The van der Waals surface area contributed by atoms with Crippen molar-refractivity contribution in [2.75, 3.05) is 4.90 Å². The predicted molar refractivity (Wildman–Crippen MR) is 124 cm³/mol. The first-order valence-corrected chi connectivity index (χ1v) is 10.4. The van der Waals surface area contributed by atoms with Crippen LogP contribution < -0.4 is 4.90 Å². The molecule has 3 aromatic carbocycles. The summed E-state index contributed by atoms with van der Waals surface area (Å²) in [6.45, 7) is 2.58. The molecule has 166 valence electrons. The Morgan fingerprint density at radius 1 is 0.879 bits per heavy atom. The van der Waals surface area contributed by atoms with Crippen molar-refractivity contribution in [2.45, 2.75) is 20.0 Å². The van der Waals surface area contributed by atoms with Gasteiger partial charge in [-0.25, -0.2) is 13.6 Å². The second-order valence-corrected chi connectivity index (χ2v) is 7.84. The van der Waals surface area contributed by atoms with E-state index in [9.17, 15) is 18.7 Å². The van der Waals surface area contributed by atoms with Crippen LogP contribution in [0.5, 0.6) is 0 Å². The van der Waals surface area contributed by atoms with Crippen LogP contribution in [0.1, 0.15) is 27.0 Å². The summed E-state index contributed by atoms with van der Waals surface area (Å²) in [7, 11) is 0. The summed E-state index contributed by atoms with van der Waals surface area (Å²) in [5.74, 6) is -2.27. The van der Waals surface area contributed by atoms with Gasteiger partial charge in [-0.15, -0.1) is 0 Å². The topological polar surface area (TPSA) is 53.4 Å². The van der Waals surface area contributed by atoms with Crippen LogP contribution in [0.2, 0.25) is 0 Å². The number of rotatable bonds is 7. The summed E-state index contributed by atoms with van der Waals surface area (Å²) in [6, 6.07) is 20.0. The highest BCUT2D eigenvalue weighted by Gasteiger charge is 2.16. The number of anilines is 1. The number of aryl methyl sites for hydroxylation is 1. The molecule has 33 heavy (non-hydrogen) atoms. The van der Waals surface area contributed by atoms with Gasteiger partial charge < -0.3 is 10.0 Å². The fraction of sp³-hybridized carbons (Fsp3) is 0.111. The number of carboxylic acid groups (broad SMARTS) is 1. The summed E-state index contributed by atoms with van der Waals surface area (Å²) in [6.07, 6.45) is 3.34. The first-order chi connectivity index (χ1) is 15.9. The number of carbonyl (C=O) groups is 1. The average Bonchev–Trinajstić information content (AvgIpc) is 2.79. The lowest BCUT2D eigenvalue weighted by atomic mass is 9.94. The predicted octanol–water partition coefficient (Wildman–Crippen LogP) is 6.24. The van der Waals surface area contributed by atoms with Crippen molar-refractivity contribution in [3.05, 3.63) is 119 Å².